The van der Waals surface area contributed by atoms with Crippen molar-refractivity contribution in [1.29, 1.82) is 5.26 Å². The lowest BCUT2D eigenvalue weighted by Gasteiger charge is -2.34. The number of hydrogen-bond acceptors (Lipinski definition) is 5. The molecule has 0 bridgehead atoms. The fourth-order valence-electron chi connectivity index (χ4n) is 9.91. The zero-order valence-corrected chi connectivity index (χ0v) is 37.8. The third kappa shape index (κ3) is 7.06. The monoisotopic (exact) mass is 884 g/mol. The smallest absolute Gasteiger partial charge is 0.179 e. The van der Waals surface area contributed by atoms with Gasteiger partial charge in [0.25, 0.3) is 0 Å². The lowest BCUT2D eigenvalue weighted by molar-refractivity contribution is 0.669. The lowest BCUT2D eigenvalue weighted by Crippen LogP contribution is -2.74. The highest BCUT2D eigenvalue weighted by Crippen LogP contribution is 2.40. The van der Waals surface area contributed by atoms with Crippen LogP contribution in [0.15, 0.2) is 247 Å². The highest BCUT2D eigenvalue weighted by atomic mass is 28.3. The fourth-order valence-corrected chi connectivity index (χ4v) is 14.7. The van der Waals surface area contributed by atoms with Gasteiger partial charge in [-0.3, -0.25) is 0 Å². The first kappa shape index (κ1) is 40.5. The van der Waals surface area contributed by atoms with Crippen LogP contribution in [0.3, 0.4) is 0 Å². The first-order valence-corrected chi connectivity index (χ1v) is 24.7. The Kier molecular flexibility index (Phi) is 10.2. The Morgan fingerprint density at radius 3 is 1.65 bits per heavy atom. The van der Waals surface area contributed by atoms with Crippen LogP contribution in [0.1, 0.15) is 5.56 Å². The summed E-state index contributed by atoms with van der Waals surface area (Å²) >= 11 is 0. The van der Waals surface area contributed by atoms with Crippen LogP contribution in [-0.2, 0) is 0 Å². The summed E-state index contributed by atoms with van der Waals surface area (Å²) in [5.41, 5.74) is 9.22. The number of nitriles is 1. The summed E-state index contributed by atoms with van der Waals surface area (Å²) < 4.78 is 6.37. The van der Waals surface area contributed by atoms with Crippen molar-refractivity contribution in [1.82, 2.24) is 15.0 Å². The number of benzene rings is 10. The van der Waals surface area contributed by atoms with E-state index in [1.165, 1.54) is 31.5 Å². The molecule has 2 heterocycles. The summed E-state index contributed by atoms with van der Waals surface area (Å²) in [7, 11) is -3.00. The summed E-state index contributed by atoms with van der Waals surface area (Å²) in [5.74, 6) is 1.70. The second-order valence-corrected chi connectivity index (χ2v) is 20.8. The summed E-state index contributed by atoms with van der Waals surface area (Å²) in [6.07, 6.45) is 0. The second kappa shape index (κ2) is 17.1. The Balaban J connectivity index is 1.07. The largest absolute Gasteiger partial charge is 0.456 e. The topological polar surface area (TPSA) is 75.6 Å². The molecule has 0 saturated heterocycles. The zero-order valence-electron chi connectivity index (χ0n) is 36.8. The van der Waals surface area contributed by atoms with Gasteiger partial charge >= 0.3 is 0 Å². The minimum atomic E-state index is -3.00. The average molecular weight is 885 g/mol. The number of aromatic nitrogens is 3. The fraction of sp³-hybridized carbons (Fsp3) is 0. The van der Waals surface area contributed by atoms with Crippen molar-refractivity contribution in [3.8, 4) is 62.5 Å². The van der Waals surface area contributed by atoms with Crippen molar-refractivity contribution >= 4 is 61.5 Å². The van der Waals surface area contributed by atoms with E-state index >= 15 is 0 Å². The van der Waals surface area contributed by atoms with Crippen molar-refractivity contribution in [2.75, 3.05) is 0 Å². The molecule has 10 aromatic carbocycles. The van der Waals surface area contributed by atoms with E-state index in [1.807, 2.05) is 42.5 Å². The van der Waals surface area contributed by atoms with Crippen molar-refractivity contribution in [2.45, 2.75) is 0 Å². The number of hydrogen-bond donors (Lipinski definition) is 0. The number of nitrogens with zero attached hydrogens (tertiary/aromatic N) is 4. The van der Waals surface area contributed by atoms with E-state index in [0.717, 1.165) is 60.9 Å². The van der Waals surface area contributed by atoms with E-state index in [1.54, 1.807) is 0 Å². The predicted octanol–water partition coefficient (Wildman–Crippen LogP) is 12.5. The molecule has 0 N–H and O–H groups in total. The SMILES string of the molecule is N#Cc1ccc([Si](c2ccccc2)(c2ccccc2)c2cccc(-c3nc(-c4ccc(-c5ccc6ccccc6c5)cc4)nc(-c4ccccc4-c4cccc5oc6ccccc6c45)n3)c2)cc1. The molecule has 0 spiro atoms. The molecule has 0 aliphatic carbocycles. The Morgan fingerprint density at radius 1 is 0.353 bits per heavy atom. The molecule has 5 nitrogen and oxygen atoms in total. The molecule has 0 unspecified atom stereocenters. The molecule has 68 heavy (non-hydrogen) atoms. The maximum absolute atomic E-state index is 9.85. The summed E-state index contributed by atoms with van der Waals surface area (Å²) in [6.45, 7) is 0. The van der Waals surface area contributed by atoms with Crippen LogP contribution in [0.25, 0.3) is 89.1 Å². The average Bonchev–Trinajstić information content (AvgIpc) is 3.81. The van der Waals surface area contributed by atoms with E-state index in [9.17, 15) is 5.26 Å². The summed E-state index contributed by atoms with van der Waals surface area (Å²) in [4.78, 5) is 16.1. The molecular formula is C62H40N4OSi. The van der Waals surface area contributed by atoms with Gasteiger partial charge in [-0.25, -0.2) is 15.0 Å². The van der Waals surface area contributed by atoms with E-state index in [0.29, 0.717) is 23.0 Å². The van der Waals surface area contributed by atoms with Crippen LogP contribution in [0.5, 0.6) is 0 Å². The van der Waals surface area contributed by atoms with Gasteiger partial charge in [0.15, 0.2) is 25.5 Å². The van der Waals surface area contributed by atoms with Gasteiger partial charge in [0, 0.05) is 27.5 Å². The third-order valence-corrected chi connectivity index (χ3v) is 17.9. The number of rotatable bonds is 9. The van der Waals surface area contributed by atoms with E-state index in [-0.39, 0.29) is 0 Å². The Hall–Kier alpha value is -9.02. The maximum atomic E-state index is 9.85. The lowest BCUT2D eigenvalue weighted by atomic mass is 9.95. The first-order valence-electron chi connectivity index (χ1n) is 22.7. The van der Waals surface area contributed by atoms with Crippen molar-refractivity contribution in [3.05, 3.63) is 248 Å². The van der Waals surface area contributed by atoms with Gasteiger partial charge < -0.3 is 4.42 Å². The molecule has 0 fully saturated rings. The van der Waals surface area contributed by atoms with E-state index in [4.69, 9.17) is 19.4 Å². The molecule has 0 atom stereocenters. The Labute approximate surface area is 395 Å². The maximum Gasteiger partial charge on any atom is 0.179 e. The van der Waals surface area contributed by atoms with Crippen LogP contribution >= 0.6 is 0 Å². The van der Waals surface area contributed by atoms with Gasteiger partial charge in [-0.15, -0.1) is 0 Å². The zero-order chi connectivity index (χ0) is 45.4. The van der Waals surface area contributed by atoms with Crippen molar-refractivity contribution in [3.63, 3.8) is 0 Å². The van der Waals surface area contributed by atoms with Gasteiger partial charge in [-0.2, -0.15) is 5.26 Å². The first-order chi connectivity index (χ1) is 33.6. The Bertz CT molecular complexity index is 3820. The number of furan rings is 1. The summed E-state index contributed by atoms with van der Waals surface area (Å²) in [5, 5.41) is 19.2. The standard InChI is InChI=1S/C62H40N4OSi/c63-41-42-29-37-51(38-30-42)68(49-18-3-1-4-19-49,50-20-5-2-6-21-50)52-22-13-17-48(40-52)61-64-60(45-34-31-44(32-35-45)47-36-33-43-15-7-8-16-46(43)39-47)65-62(66-61)55-24-10-9-23-53(55)54-26-14-28-58-59(54)56-25-11-12-27-57(56)67-58/h1-40H. The minimum absolute atomic E-state index is 0.566. The highest BCUT2D eigenvalue weighted by molar-refractivity contribution is 7.19. The van der Waals surface area contributed by atoms with Gasteiger partial charge in [-0.1, -0.05) is 212 Å². The van der Waals surface area contributed by atoms with Gasteiger partial charge in [0.1, 0.15) is 11.2 Å². The molecule has 0 saturated carbocycles. The van der Waals surface area contributed by atoms with E-state index < -0.39 is 8.07 Å². The molecule has 6 heteroatoms. The number of fused-ring (bicyclic) bond motifs is 4. The molecule has 12 aromatic rings. The van der Waals surface area contributed by atoms with Gasteiger partial charge in [-0.05, 0) is 84.1 Å². The van der Waals surface area contributed by atoms with E-state index in [2.05, 4.69) is 206 Å². The van der Waals surface area contributed by atoms with Crippen molar-refractivity contribution in [2.24, 2.45) is 0 Å². The molecule has 12 rings (SSSR count). The molecular weight excluding hydrogens is 845 g/mol. The molecule has 0 aliphatic heterocycles. The van der Waals surface area contributed by atoms with Crippen LogP contribution in [-0.4, -0.2) is 23.0 Å². The molecule has 0 aliphatic rings. The van der Waals surface area contributed by atoms with Gasteiger partial charge in [0.05, 0.1) is 11.6 Å². The van der Waals surface area contributed by atoms with Gasteiger partial charge in [0.2, 0.25) is 0 Å². The van der Waals surface area contributed by atoms with Crippen LogP contribution in [0.4, 0.5) is 0 Å². The second-order valence-electron chi connectivity index (χ2n) is 17.0. The predicted molar refractivity (Wildman–Crippen MR) is 280 cm³/mol. The molecule has 318 valence electrons. The van der Waals surface area contributed by atoms with Crippen molar-refractivity contribution < 1.29 is 4.42 Å². The third-order valence-electron chi connectivity index (χ3n) is 13.1. The normalized spacial score (nSPS) is 11.5. The molecule has 2 aromatic heterocycles. The quantitative estimate of drug-likeness (QED) is 0.107. The highest BCUT2D eigenvalue weighted by Gasteiger charge is 2.41. The summed E-state index contributed by atoms with van der Waals surface area (Å²) in [6, 6.07) is 87.2. The Morgan fingerprint density at radius 2 is 0.897 bits per heavy atom. The minimum Gasteiger partial charge on any atom is -0.456 e. The van der Waals surface area contributed by atoms with Crippen LogP contribution in [0.2, 0.25) is 0 Å². The number of para-hydroxylation sites is 1. The molecule has 0 amide bonds. The van der Waals surface area contributed by atoms with Crippen LogP contribution < -0.4 is 20.7 Å². The molecule has 0 radical (unpaired) electrons. The van der Waals surface area contributed by atoms with Crippen LogP contribution in [0, 0.1) is 11.3 Å².